The molecule has 2 aromatic rings. The van der Waals surface area contributed by atoms with Crippen molar-refractivity contribution in [1.82, 2.24) is 4.90 Å². The standard InChI is InChI=1S/C17H14FNO2S/c18-13-5-3-4-12(10-13)11-22-9-8-19-16(20)14-6-1-2-7-15(14)17(19)21/h1-7,10H,8-9,11H2. The number of hydrogen-bond acceptors (Lipinski definition) is 3. The van der Waals surface area contributed by atoms with Crippen molar-refractivity contribution in [3.8, 4) is 0 Å². The Bertz CT molecular complexity index is 697. The Kier molecular flexibility index (Phi) is 4.24. The maximum absolute atomic E-state index is 13.1. The zero-order chi connectivity index (χ0) is 15.5. The van der Waals surface area contributed by atoms with Crippen LogP contribution in [-0.2, 0) is 5.75 Å². The molecule has 0 bridgehead atoms. The Morgan fingerprint density at radius 1 is 0.955 bits per heavy atom. The summed E-state index contributed by atoms with van der Waals surface area (Å²) in [6.07, 6.45) is 0. The Hall–Kier alpha value is -2.14. The van der Waals surface area contributed by atoms with Crippen LogP contribution in [0, 0.1) is 5.82 Å². The molecular weight excluding hydrogens is 301 g/mol. The maximum Gasteiger partial charge on any atom is 0.261 e. The molecule has 0 atom stereocenters. The Labute approximate surface area is 132 Å². The molecule has 0 saturated heterocycles. The van der Waals surface area contributed by atoms with E-state index in [1.54, 1.807) is 42.1 Å². The Morgan fingerprint density at radius 3 is 2.27 bits per heavy atom. The molecule has 5 heteroatoms. The van der Waals surface area contributed by atoms with E-state index in [2.05, 4.69) is 0 Å². The number of thioether (sulfide) groups is 1. The summed E-state index contributed by atoms with van der Waals surface area (Å²) in [4.78, 5) is 25.6. The molecule has 0 radical (unpaired) electrons. The molecule has 0 aromatic heterocycles. The molecule has 0 fully saturated rings. The second-order valence-corrected chi connectivity index (χ2v) is 6.10. The van der Waals surface area contributed by atoms with Crippen molar-refractivity contribution < 1.29 is 14.0 Å². The highest BCUT2D eigenvalue weighted by molar-refractivity contribution is 7.98. The SMILES string of the molecule is O=C1c2ccccc2C(=O)N1CCSCc1cccc(F)c1. The van der Waals surface area contributed by atoms with Crippen LogP contribution in [0.3, 0.4) is 0 Å². The van der Waals surface area contributed by atoms with Gasteiger partial charge < -0.3 is 0 Å². The number of halogens is 1. The normalized spacial score (nSPS) is 13.6. The van der Waals surface area contributed by atoms with Crippen LogP contribution in [0.4, 0.5) is 4.39 Å². The molecule has 0 N–H and O–H groups in total. The number of carbonyl (C=O) groups excluding carboxylic acids is 2. The minimum atomic E-state index is -0.251. The number of amides is 2. The number of fused-ring (bicyclic) bond motifs is 1. The van der Waals surface area contributed by atoms with Crippen LogP contribution < -0.4 is 0 Å². The largest absolute Gasteiger partial charge is 0.274 e. The van der Waals surface area contributed by atoms with Crippen LogP contribution in [0.15, 0.2) is 48.5 Å². The van der Waals surface area contributed by atoms with Crippen molar-refractivity contribution in [3.05, 3.63) is 71.0 Å². The van der Waals surface area contributed by atoms with Crippen LogP contribution >= 0.6 is 11.8 Å². The Balaban J connectivity index is 1.55. The molecule has 112 valence electrons. The predicted octanol–water partition coefficient (Wildman–Crippen LogP) is 3.36. The zero-order valence-electron chi connectivity index (χ0n) is 11.8. The van der Waals surface area contributed by atoms with E-state index >= 15 is 0 Å². The van der Waals surface area contributed by atoms with Gasteiger partial charge in [-0.2, -0.15) is 11.8 Å². The second kappa shape index (κ2) is 6.32. The van der Waals surface area contributed by atoms with Gasteiger partial charge in [0.2, 0.25) is 0 Å². The van der Waals surface area contributed by atoms with E-state index in [-0.39, 0.29) is 17.6 Å². The van der Waals surface area contributed by atoms with Gasteiger partial charge in [-0.25, -0.2) is 4.39 Å². The average molecular weight is 315 g/mol. The third-order valence-corrected chi connectivity index (χ3v) is 4.50. The highest BCUT2D eigenvalue weighted by Gasteiger charge is 2.34. The number of carbonyl (C=O) groups is 2. The number of nitrogens with zero attached hydrogens (tertiary/aromatic N) is 1. The van der Waals surface area contributed by atoms with Crippen LogP contribution in [0.25, 0.3) is 0 Å². The second-order valence-electron chi connectivity index (χ2n) is 4.99. The summed E-state index contributed by atoms with van der Waals surface area (Å²) in [5.41, 5.74) is 1.85. The summed E-state index contributed by atoms with van der Waals surface area (Å²) in [7, 11) is 0. The number of hydrogen-bond donors (Lipinski definition) is 0. The lowest BCUT2D eigenvalue weighted by Gasteiger charge is -2.13. The first kappa shape index (κ1) is 14.8. The van der Waals surface area contributed by atoms with Gasteiger partial charge in [0.25, 0.3) is 11.8 Å². The van der Waals surface area contributed by atoms with Crippen LogP contribution in [0.1, 0.15) is 26.3 Å². The van der Waals surface area contributed by atoms with Crippen molar-refractivity contribution >= 4 is 23.6 Å². The van der Waals surface area contributed by atoms with Crippen LogP contribution in [-0.4, -0.2) is 29.0 Å². The summed E-state index contributed by atoms with van der Waals surface area (Å²) in [5, 5.41) is 0. The molecule has 0 spiro atoms. The molecule has 0 unspecified atom stereocenters. The smallest absolute Gasteiger partial charge is 0.261 e. The molecule has 0 saturated carbocycles. The fourth-order valence-electron chi connectivity index (χ4n) is 2.41. The third kappa shape index (κ3) is 2.90. The van der Waals surface area contributed by atoms with E-state index in [4.69, 9.17) is 0 Å². The van der Waals surface area contributed by atoms with Gasteiger partial charge in [-0.1, -0.05) is 24.3 Å². The van der Waals surface area contributed by atoms with Crippen LogP contribution in [0.5, 0.6) is 0 Å². The number of rotatable bonds is 5. The highest BCUT2D eigenvalue weighted by atomic mass is 32.2. The minimum Gasteiger partial charge on any atom is -0.274 e. The third-order valence-electron chi connectivity index (χ3n) is 3.50. The predicted molar refractivity (Wildman–Crippen MR) is 84.4 cm³/mol. The molecular formula is C17H14FNO2S. The van der Waals surface area contributed by atoms with E-state index in [0.29, 0.717) is 29.2 Å². The van der Waals surface area contributed by atoms with Crippen molar-refractivity contribution in [1.29, 1.82) is 0 Å². The zero-order valence-corrected chi connectivity index (χ0v) is 12.6. The van der Waals surface area contributed by atoms with Gasteiger partial charge in [-0.05, 0) is 29.8 Å². The first-order valence-corrected chi connectivity index (χ1v) is 8.09. The first-order valence-electron chi connectivity index (χ1n) is 6.94. The first-order chi connectivity index (χ1) is 10.7. The van der Waals surface area contributed by atoms with Crippen molar-refractivity contribution in [2.75, 3.05) is 12.3 Å². The summed E-state index contributed by atoms with van der Waals surface area (Å²) < 4.78 is 13.1. The van der Waals surface area contributed by atoms with Crippen molar-refractivity contribution in [3.63, 3.8) is 0 Å². The van der Waals surface area contributed by atoms with Gasteiger partial charge in [0.15, 0.2) is 0 Å². The van der Waals surface area contributed by atoms with Crippen LogP contribution in [0.2, 0.25) is 0 Å². The lowest BCUT2D eigenvalue weighted by molar-refractivity contribution is 0.0664. The topological polar surface area (TPSA) is 37.4 Å². The molecule has 22 heavy (non-hydrogen) atoms. The molecule has 3 rings (SSSR count). The minimum absolute atomic E-state index is 0.230. The van der Waals surface area contributed by atoms with E-state index in [0.717, 1.165) is 5.56 Å². The number of benzene rings is 2. The summed E-state index contributed by atoms with van der Waals surface area (Å²) in [6, 6.07) is 13.3. The lowest BCUT2D eigenvalue weighted by Crippen LogP contribution is -2.31. The highest BCUT2D eigenvalue weighted by Crippen LogP contribution is 2.23. The molecule has 3 nitrogen and oxygen atoms in total. The average Bonchev–Trinajstić information content (AvgIpc) is 2.77. The molecule has 1 heterocycles. The van der Waals surface area contributed by atoms with E-state index < -0.39 is 0 Å². The van der Waals surface area contributed by atoms with Gasteiger partial charge in [-0.15, -0.1) is 0 Å². The quantitative estimate of drug-likeness (QED) is 0.627. The molecule has 2 amide bonds. The molecule has 2 aromatic carbocycles. The fraction of sp³-hybridized carbons (Fsp3) is 0.176. The molecule has 1 aliphatic heterocycles. The summed E-state index contributed by atoms with van der Waals surface area (Å²) >= 11 is 1.57. The van der Waals surface area contributed by atoms with Gasteiger partial charge in [0.1, 0.15) is 5.82 Å². The van der Waals surface area contributed by atoms with Gasteiger partial charge >= 0.3 is 0 Å². The summed E-state index contributed by atoms with van der Waals surface area (Å²) in [6.45, 7) is 0.367. The maximum atomic E-state index is 13.1. The van der Waals surface area contributed by atoms with E-state index in [1.807, 2.05) is 6.07 Å². The van der Waals surface area contributed by atoms with E-state index in [9.17, 15) is 14.0 Å². The molecule has 1 aliphatic rings. The van der Waals surface area contributed by atoms with Gasteiger partial charge in [-0.3, -0.25) is 14.5 Å². The summed E-state index contributed by atoms with van der Waals surface area (Å²) in [5.74, 6) is 0.570. The van der Waals surface area contributed by atoms with Gasteiger partial charge in [0.05, 0.1) is 11.1 Å². The number of imide groups is 1. The molecule has 0 aliphatic carbocycles. The van der Waals surface area contributed by atoms with Crippen molar-refractivity contribution in [2.24, 2.45) is 0 Å². The van der Waals surface area contributed by atoms with Crippen molar-refractivity contribution in [2.45, 2.75) is 5.75 Å². The monoisotopic (exact) mass is 315 g/mol. The van der Waals surface area contributed by atoms with E-state index in [1.165, 1.54) is 17.0 Å². The van der Waals surface area contributed by atoms with Gasteiger partial charge in [0, 0.05) is 18.1 Å². The fourth-order valence-corrected chi connectivity index (χ4v) is 3.29. The lowest BCUT2D eigenvalue weighted by atomic mass is 10.1. The Morgan fingerprint density at radius 2 is 1.64 bits per heavy atom.